The van der Waals surface area contributed by atoms with E-state index in [2.05, 4.69) is 30.2 Å². The van der Waals surface area contributed by atoms with E-state index in [1.54, 1.807) is 11.1 Å². The molecule has 2 fully saturated rings. The first kappa shape index (κ1) is 27.1. The van der Waals surface area contributed by atoms with Crippen LogP contribution in [0.25, 0.3) is 11.4 Å². The third-order valence-corrected chi connectivity index (χ3v) is 7.09. The van der Waals surface area contributed by atoms with E-state index in [0.717, 1.165) is 31.5 Å². The van der Waals surface area contributed by atoms with Crippen molar-refractivity contribution in [3.05, 3.63) is 48.4 Å². The van der Waals surface area contributed by atoms with E-state index >= 15 is 0 Å². The van der Waals surface area contributed by atoms with Crippen LogP contribution < -0.4 is 19.9 Å². The number of nitrogens with one attached hydrogen (secondary N) is 1. The summed E-state index contributed by atoms with van der Waals surface area (Å²) < 4.78 is 56.8. The molecule has 2 saturated heterocycles. The minimum Gasteiger partial charge on any atom is -0.461 e. The van der Waals surface area contributed by atoms with E-state index in [4.69, 9.17) is 14.2 Å². The molecule has 2 amide bonds. The lowest BCUT2D eigenvalue weighted by molar-refractivity contribution is -0.141. The number of carbonyl (C=O) groups excluding carboxylic acids is 1. The quantitative estimate of drug-likeness (QED) is 0.473. The van der Waals surface area contributed by atoms with Gasteiger partial charge in [0.2, 0.25) is 0 Å². The first-order valence-electron chi connectivity index (χ1n) is 13.2. The average Bonchev–Trinajstić information content (AvgIpc) is 3.30. The van der Waals surface area contributed by atoms with E-state index in [0.29, 0.717) is 30.3 Å². The molecule has 3 aromatic rings. The number of anilines is 3. The lowest BCUT2D eigenvalue weighted by atomic mass is 10.0. The number of ether oxygens (including phenoxy) is 3. The van der Waals surface area contributed by atoms with Gasteiger partial charge in [-0.15, -0.1) is 0 Å². The van der Waals surface area contributed by atoms with Crippen molar-refractivity contribution in [1.29, 1.82) is 0 Å². The summed E-state index contributed by atoms with van der Waals surface area (Å²) in [5.74, 6) is -0.230. The molecule has 5 heterocycles. The van der Waals surface area contributed by atoms with Gasteiger partial charge in [-0.3, -0.25) is 4.90 Å². The van der Waals surface area contributed by atoms with Gasteiger partial charge < -0.3 is 24.4 Å². The number of carbonyl (C=O) groups is 1. The predicted molar refractivity (Wildman–Crippen MR) is 142 cm³/mol. The zero-order chi connectivity index (χ0) is 28.8. The van der Waals surface area contributed by atoms with Gasteiger partial charge in [0.25, 0.3) is 0 Å². The van der Waals surface area contributed by atoms with Gasteiger partial charge in [-0.1, -0.05) is 12.1 Å². The number of rotatable bonds is 5. The summed E-state index contributed by atoms with van der Waals surface area (Å²) in [4.78, 5) is 34.5. The Morgan fingerprint density at radius 3 is 2.73 bits per heavy atom. The number of hydrogen-bond donors (Lipinski definition) is 1. The fourth-order valence-corrected chi connectivity index (χ4v) is 5.21. The number of urea groups is 1. The van der Waals surface area contributed by atoms with Crippen LogP contribution in [-0.2, 0) is 15.7 Å². The van der Waals surface area contributed by atoms with Crippen LogP contribution in [0.15, 0.2) is 42.9 Å². The van der Waals surface area contributed by atoms with E-state index in [9.17, 15) is 18.0 Å². The first-order valence-corrected chi connectivity index (χ1v) is 13.2. The molecule has 0 aliphatic carbocycles. The van der Waals surface area contributed by atoms with Crippen LogP contribution in [0.4, 0.5) is 35.2 Å². The Morgan fingerprint density at radius 2 is 2.00 bits per heavy atom. The largest absolute Gasteiger partial charge is 0.461 e. The Hall–Kier alpha value is -4.04. The Bertz CT molecular complexity index is 1440. The molecule has 2 bridgehead atoms. The molecule has 41 heavy (non-hydrogen) atoms. The van der Waals surface area contributed by atoms with Crippen LogP contribution in [0, 0.1) is 0 Å². The van der Waals surface area contributed by atoms with Crippen molar-refractivity contribution in [2.45, 2.75) is 50.8 Å². The van der Waals surface area contributed by atoms with Crippen molar-refractivity contribution in [3.8, 4) is 17.4 Å². The fraction of sp³-hybridized carbons (Fsp3) is 0.444. The number of halogens is 3. The first-order chi connectivity index (χ1) is 19.6. The van der Waals surface area contributed by atoms with Crippen molar-refractivity contribution in [2.75, 3.05) is 41.4 Å². The predicted octanol–water partition coefficient (Wildman–Crippen LogP) is 4.50. The number of nitrogens with zero attached hydrogens (tertiary/aromatic N) is 6. The van der Waals surface area contributed by atoms with Crippen LogP contribution in [0.2, 0.25) is 0 Å². The van der Waals surface area contributed by atoms with E-state index in [-0.39, 0.29) is 36.2 Å². The molecule has 0 unspecified atom stereocenters. The van der Waals surface area contributed by atoms with Crippen LogP contribution >= 0.6 is 0 Å². The topological polar surface area (TPSA) is 115 Å². The van der Waals surface area contributed by atoms with Crippen molar-refractivity contribution in [1.82, 2.24) is 19.9 Å². The standard InChI is InChI=1S/C27H28F3N7O4/c1-26(2)40-15-20(41-26)14-39-24-32-10-18(11-33-24)34-25(38)37-19-7-4-8-36(13-19)21-12-31-22(35-23(21)37)16-5-3-6-17(9-16)27(28,29)30/h3,5-6,9-12,19-20H,4,7-8,13-15H2,1-2H3,(H,34,38)/t19-,20+/m0/s1. The minimum atomic E-state index is -4.50. The number of aromatic nitrogens is 4. The van der Waals surface area contributed by atoms with Gasteiger partial charge in [0.05, 0.1) is 48.2 Å². The van der Waals surface area contributed by atoms with Gasteiger partial charge in [-0.2, -0.15) is 13.2 Å². The van der Waals surface area contributed by atoms with Crippen molar-refractivity contribution in [2.24, 2.45) is 0 Å². The SMILES string of the molecule is CC1(C)OC[C@@H](COc2ncc(NC(=O)N3c4nc(-c5cccc(C(F)(F)F)c5)ncc4N4CCC[C@H]3C4)cn2)O1. The zero-order valence-electron chi connectivity index (χ0n) is 22.4. The van der Waals surface area contributed by atoms with Crippen LogP contribution in [0.3, 0.4) is 0 Å². The Balaban J connectivity index is 1.21. The molecular formula is C27H28F3N7O4. The summed E-state index contributed by atoms with van der Waals surface area (Å²) in [5, 5.41) is 2.81. The molecule has 0 radical (unpaired) electrons. The van der Waals surface area contributed by atoms with E-state index in [1.165, 1.54) is 24.5 Å². The molecule has 3 aliphatic heterocycles. The molecule has 2 atom stereocenters. The molecule has 216 valence electrons. The normalized spacial score (nSPS) is 21.4. The van der Waals surface area contributed by atoms with Crippen LogP contribution in [0.1, 0.15) is 32.3 Å². The lowest BCUT2D eigenvalue weighted by Crippen LogP contribution is -2.56. The van der Waals surface area contributed by atoms with Gasteiger partial charge in [-0.05, 0) is 38.8 Å². The maximum atomic E-state index is 13.6. The molecule has 2 aromatic heterocycles. The third kappa shape index (κ3) is 5.75. The molecule has 1 N–H and O–H groups in total. The fourth-order valence-electron chi connectivity index (χ4n) is 5.21. The molecule has 6 rings (SSSR count). The Kier molecular flexibility index (Phi) is 6.90. The highest BCUT2D eigenvalue weighted by molar-refractivity contribution is 6.04. The average molecular weight is 572 g/mol. The van der Waals surface area contributed by atoms with Gasteiger partial charge >= 0.3 is 18.2 Å². The second-order valence-corrected chi connectivity index (χ2v) is 10.5. The number of alkyl halides is 3. The van der Waals surface area contributed by atoms with E-state index < -0.39 is 23.6 Å². The lowest BCUT2D eigenvalue weighted by Gasteiger charge is -2.45. The Labute approximate surface area is 233 Å². The molecule has 0 saturated carbocycles. The summed E-state index contributed by atoms with van der Waals surface area (Å²) in [5.41, 5.74) is 0.395. The van der Waals surface area contributed by atoms with Gasteiger partial charge in [0, 0.05) is 18.7 Å². The number of amides is 2. The molecule has 1 aromatic carbocycles. The number of hydrogen-bond acceptors (Lipinski definition) is 9. The summed E-state index contributed by atoms with van der Waals surface area (Å²) in [6.07, 6.45) is 1.30. The Morgan fingerprint density at radius 1 is 1.20 bits per heavy atom. The van der Waals surface area contributed by atoms with Gasteiger partial charge in [0.15, 0.2) is 17.4 Å². The number of fused-ring (bicyclic) bond motifs is 4. The summed E-state index contributed by atoms with van der Waals surface area (Å²) >= 11 is 0. The monoisotopic (exact) mass is 571 g/mol. The second kappa shape index (κ2) is 10.4. The molecule has 3 aliphatic rings. The van der Waals surface area contributed by atoms with E-state index in [1.807, 2.05) is 13.8 Å². The highest BCUT2D eigenvalue weighted by Gasteiger charge is 2.39. The number of benzene rings is 1. The second-order valence-electron chi connectivity index (χ2n) is 10.5. The summed E-state index contributed by atoms with van der Waals surface area (Å²) in [6, 6.07) is 4.31. The summed E-state index contributed by atoms with van der Waals surface area (Å²) in [6.45, 7) is 5.63. The highest BCUT2D eigenvalue weighted by Crippen LogP contribution is 2.39. The molecule has 0 spiro atoms. The molecule has 14 heteroatoms. The molecular weight excluding hydrogens is 543 g/mol. The minimum absolute atomic E-state index is 0.0960. The van der Waals surface area contributed by atoms with Crippen LogP contribution in [-0.4, -0.2) is 70.2 Å². The zero-order valence-corrected chi connectivity index (χ0v) is 22.4. The van der Waals surface area contributed by atoms with Gasteiger partial charge in [-0.25, -0.2) is 24.7 Å². The van der Waals surface area contributed by atoms with Crippen LogP contribution in [0.5, 0.6) is 6.01 Å². The maximum Gasteiger partial charge on any atom is 0.416 e. The van der Waals surface area contributed by atoms with Crippen molar-refractivity contribution in [3.63, 3.8) is 0 Å². The van der Waals surface area contributed by atoms with Gasteiger partial charge in [0.1, 0.15) is 12.7 Å². The maximum absolute atomic E-state index is 13.6. The number of piperidine rings is 1. The smallest absolute Gasteiger partial charge is 0.416 e. The van der Waals surface area contributed by atoms with Crippen molar-refractivity contribution >= 4 is 23.2 Å². The third-order valence-electron chi connectivity index (χ3n) is 7.09. The molecule has 11 nitrogen and oxygen atoms in total. The highest BCUT2D eigenvalue weighted by atomic mass is 19.4. The van der Waals surface area contributed by atoms with Crippen molar-refractivity contribution < 1.29 is 32.2 Å². The summed E-state index contributed by atoms with van der Waals surface area (Å²) in [7, 11) is 0.